The molecular weight excluding hydrogens is 625 g/mol. The monoisotopic (exact) mass is 652 g/mol. The first-order valence-corrected chi connectivity index (χ1v) is 19.7. The summed E-state index contributed by atoms with van der Waals surface area (Å²) >= 11 is 12.3. The average Bonchev–Trinajstić information content (AvgIpc) is 3.85. The van der Waals surface area contributed by atoms with Crippen molar-refractivity contribution in [1.29, 1.82) is 0 Å². The molecule has 9 rings (SSSR count). The van der Waals surface area contributed by atoms with Gasteiger partial charge >= 0.3 is 0 Å². The minimum absolute atomic E-state index is 0.503. The Kier molecular flexibility index (Phi) is 6.80. The Morgan fingerprint density at radius 2 is 0.595 bits per heavy atom. The predicted molar refractivity (Wildman–Crippen MR) is 192 cm³/mol. The van der Waals surface area contributed by atoms with E-state index in [2.05, 4.69) is 145 Å². The molecule has 2 aliphatic carbocycles. The Hall–Kier alpha value is -2.06. The van der Waals surface area contributed by atoms with Crippen LogP contribution in [0, 0.1) is 23.7 Å². The summed E-state index contributed by atoms with van der Waals surface area (Å²) in [4.78, 5) is 11.4. The smallest absolute Gasteiger partial charge is 0.0466 e. The zero-order chi connectivity index (χ0) is 27.6. The fraction of sp³-hybridized carbons (Fsp3) is 0.222. The van der Waals surface area contributed by atoms with Crippen molar-refractivity contribution >= 4 is 93.2 Å². The van der Waals surface area contributed by atoms with Crippen LogP contribution in [0.5, 0.6) is 0 Å². The second-order valence-electron chi connectivity index (χ2n) is 11.4. The SMILES string of the molecule is C1=CC2C3SC(c4ccc(s4)/C=C\c4ccc(s4)C4SC(c5ccc(s5)/C=C\c5ccc3s5)C3C=CC=CC43)C2C=C1. The number of rotatable bonds is 0. The normalized spacial score (nSPS) is 33.5. The fourth-order valence-electron chi connectivity index (χ4n) is 6.97. The van der Waals surface area contributed by atoms with Gasteiger partial charge in [-0.1, -0.05) is 48.6 Å². The van der Waals surface area contributed by atoms with E-state index in [9.17, 15) is 0 Å². The van der Waals surface area contributed by atoms with Crippen LogP contribution < -0.4 is 0 Å². The van der Waals surface area contributed by atoms with E-state index in [4.69, 9.17) is 0 Å². The van der Waals surface area contributed by atoms with Gasteiger partial charge in [-0.25, -0.2) is 0 Å². The second-order valence-corrected chi connectivity index (χ2v) is 18.6. The molecule has 4 aromatic rings. The molecule has 3 aliphatic heterocycles. The van der Waals surface area contributed by atoms with Crippen LogP contribution in [0.4, 0.5) is 0 Å². The topological polar surface area (TPSA) is 0 Å². The summed E-state index contributed by atoms with van der Waals surface area (Å²) in [6.45, 7) is 0. The molecule has 4 aromatic heterocycles. The zero-order valence-corrected chi connectivity index (χ0v) is 27.5. The molecule has 2 saturated heterocycles. The van der Waals surface area contributed by atoms with E-state index < -0.39 is 0 Å². The number of thiophene rings is 4. The van der Waals surface area contributed by atoms with Crippen LogP contribution in [0.25, 0.3) is 24.3 Å². The van der Waals surface area contributed by atoms with E-state index in [0.717, 1.165) is 0 Å². The highest BCUT2D eigenvalue weighted by molar-refractivity contribution is 8.00. The van der Waals surface area contributed by atoms with Crippen molar-refractivity contribution in [3.05, 3.63) is 136 Å². The molecule has 7 heterocycles. The van der Waals surface area contributed by atoms with Crippen molar-refractivity contribution in [2.75, 3.05) is 0 Å². The Morgan fingerprint density at radius 1 is 0.333 bits per heavy atom. The molecule has 0 N–H and O–H groups in total. The van der Waals surface area contributed by atoms with Gasteiger partial charge in [0.1, 0.15) is 0 Å². The van der Waals surface area contributed by atoms with Gasteiger partial charge in [0.15, 0.2) is 0 Å². The quantitative estimate of drug-likeness (QED) is 0.185. The van der Waals surface area contributed by atoms with E-state index in [1.165, 1.54) is 39.0 Å². The molecule has 0 amide bonds. The summed E-state index contributed by atoms with van der Waals surface area (Å²) in [5, 5.41) is 2.01. The third kappa shape index (κ3) is 4.61. The lowest BCUT2D eigenvalue weighted by Gasteiger charge is -2.21. The van der Waals surface area contributed by atoms with Crippen molar-refractivity contribution in [2.45, 2.75) is 21.0 Å². The number of allylic oxidation sites excluding steroid dienone is 8. The Labute approximate surface area is 272 Å². The van der Waals surface area contributed by atoms with Crippen molar-refractivity contribution < 1.29 is 0 Å². The maximum absolute atomic E-state index is 2.46. The number of hydrogen-bond acceptors (Lipinski definition) is 6. The molecule has 0 nitrogen and oxygen atoms in total. The highest BCUT2D eigenvalue weighted by atomic mass is 32.2. The lowest BCUT2D eigenvalue weighted by atomic mass is 9.83. The molecule has 6 heteroatoms. The molecule has 5 aliphatic rings. The minimum atomic E-state index is 0.503. The maximum atomic E-state index is 2.46. The summed E-state index contributed by atoms with van der Waals surface area (Å²) < 4.78 is 0. The lowest BCUT2D eigenvalue weighted by Crippen LogP contribution is -2.13. The van der Waals surface area contributed by atoms with Gasteiger partial charge in [0.2, 0.25) is 0 Å². The highest BCUT2D eigenvalue weighted by Gasteiger charge is 2.45. The van der Waals surface area contributed by atoms with Crippen molar-refractivity contribution in [2.24, 2.45) is 23.7 Å². The first kappa shape index (κ1) is 26.4. The molecule has 0 radical (unpaired) electrons. The second kappa shape index (κ2) is 10.8. The maximum Gasteiger partial charge on any atom is 0.0466 e. The first-order valence-electron chi connectivity index (χ1n) is 14.5. The summed E-state index contributed by atoms with van der Waals surface area (Å²) in [6, 6.07) is 18.9. The largest absolute Gasteiger partial charge is 0.143 e. The third-order valence-corrected chi connectivity index (χ3v) is 17.5. The van der Waals surface area contributed by atoms with Crippen molar-refractivity contribution in [3.8, 4) is 0 Å². The van der Waals surface area contributed by atoms with Crippen molar-refractivity contribution in [1.82, 2.24) is 0 Å². The van der Waals surface area contributed by atoms with Gasteiger partial charge < -0.3 is 0 Å². The van der Waals surface area contributed by atoms with Gasteiger partial charge in [0.05, 0.1) is 0 Å². The van der Waals surface area contributed by atoms with E-state index in [1.54, 1.807) is 0 Å². The van der Waals surface area contributed by atoms with E-state index >= 15 is 0 Å². The molecule has 8 unspecified atom stereocenters. The van der Waals surface area contributed by atoms with E-state index in [1.807, 2.05) is 45.3 Å². The van der Waals surface area contributed by atoms with Gasteiger partial charge in [-0.3, -0.25) is 0 Å². The van der Waals surface area contributed by atoms with Crippen LogP contribution in [0.2, 0.25) is 0 Å². The van der Waals surface area contributed by atoms with Crippen LogP contribution in [-0.2, 0) is 0 Å². The number of fused-ring (bicyclic) bond motifs is 22. The van der Waals surface area contributed by atoms with E-state index in [0.29, 0.717) is 44.7 Å². The Bertz CT molecular complexity index is 1550. The van der Waals surface area contributed by atoms with Crippen LogP contribution in [0.1, 0.15) is 60.0 Å². The Balaban J connectivity index is 1.12. The summed E-state index contributed by atoms with van der Waals surface area (Å²) in [5.41, 5.74) is 0. The van der Waals surface area contributed by atoms with Gasteiger partial charge in [-0.05, 0) is 72.8 Å². The fourth-order valence-corrected chi connectivity index (χ4v) is 15.3. The zero-order valence-electron chi connectivity index (χ0n) is 22.6. The molecule has 0 saturated carbocycles. The molecule has 0 spiro atoms. The highest BCUT2D eigenvalue weighted by Crippen LogP contribution is 2.64. The summed E-state index contributed by atoms with van der Waals surface area (Å²) in [7, 11) is 0. The van der Waals surface area contributed by atoms with Crippen molar-refractivity contribution in [3.63, 3.8) is 0 Å². The molecule has 2 fully saturated rings. The molecule has 42 heavy (non-hydrogen) atoms. The van der Waals surface area contributed by atoms with Crippen LogP contribution >= 0.6 is 68.9 Å². The molecule has 0 aromatic carbocycles. The standard InChI is InChI=1S/C36H28S6/c1-2-6-26-25(5-1)33-29-17-13-21(37-29)9-10-23-15-19-31(39-23)35-27-7-3-4-8-28(27)36(42-35)32-20-16-24(40-32)12-11-22-14-18-30(38-22)34(26)41-33/h1-20,25-28,33-36H/b10-9-,12-11-. The van der Waals surface area contributed by atoms with Gasteiger partial charge in [0, 0.05) is 83.7 Å². The molecule has 8 atom stereocenters. The van der Waals surface area contributed by atoms with Crippen LogP contribution in [-0.4, -0.2) is 0 Å². The number of hydrogen-bond donors (Lipinski definition) is 0. The average molecular weight is 653 g/mol. The first-order chi connectivity index (χ1) is 20.8. The van der Waals surface area contributed by atoms with Gasteiger partial charge in [-0.2, -0.15) is 0 Å². The van der Waals surface area contributed by atoms with Gasteiger partial charge in [-0.15, -0.1) is 68.9 Å². The predicted octanol–water partition coefficient (Wildman–Crippen LogP) is 12.4. The van der Waals surface area contributed by atoms with Gasteiger partial charge in [0.25, 0.3) is 0 Å². The molecule has 12 bridgehead atoms. The van der Waals surface area contributed by atoms with Crippen LogP contribution in [0.15, 0.2) is 97.1 Å². The Morgan fingerprint density at radius 3 is 0.857 bits per heavy atom. The van der Waals surface area contributed by atoms with E-state index in [-0.39, 0.29) is 0 Å². The summed E-state index contributed by atoms with van der Waals surface area (Å²) in [5.74, 6) is 2.20. The molecular formula is C36H28S6. The number of thioether (sulfide) groups is 2. The lowest BCUT2D eigenvalue weighted by molar-refractivity contribution is 0.491. The minimum Gasteiger partial charge on any atom is -0.143 e. The third-order valence-electron chi connectivity index (χ3n) is 8.96. The summed E-state index contributed by atoms with van der Waals surface area (Å²) in [6.07, 6.45) is 28.2. The molecule has 208 valence electrons. The van der Waals surface area contributed by atoms with Crippen LogP contribution in [0.3, 0.4) is 0 Å².